The Morgan fingerprint density at radius 3 is 2.35 bits per heavy atom. The van der Waals surface area contributed by atoms with E-state index in [1.54, 1.807) is 0 Å². The summed E-state index contributed by atoms with van der Waals surface area (Å²) in [5, 5.41) is 2.89. The summed E-state index contributed by atoms with van der Waals surface area (Å²) in [4.78, 5) is 28.2. The van der Waals surface area contributed by atoms with Gasteiger partial charge in [0.15, 0.2) is 0 Å². The normalized spacial score (nSPS) is 12.0. The molecule has 6 nitrogen and oxygen atoms in total. The Bertz CT molecular complexity index is 614. The first-order valence-corrected chi connectivity index (χ1v) is 9.09. The lowest BCUT2D eigenvalue weighted by Crippen LogP contribution is -2.43. The predicted molar refractivity (Wildman–Crippen MR) is 106 cm³/mol. The second kappa shape index (κ2) is 10.2. The topological polar surface area (TPSA) is 61.9 Å². The van der Waals surface area contributed by atoms with Crippen LogP contribution in [0.25, 0.3) is 0 Å². The number of hydrogen-bond acceptors (Lipinski definition) is 4. The fourth-order valence-corrected chi connectivity index (χ4v) is 2.68. The molecule has 0 radical (unpaired) electrons. The van der Waals surface area contributed by atoms with Gasteiger partial charge in [0.2, 0.25) is 11.8 Å². The molecular weight excluding hydrogens is 330 g/mol. The largest absolute Gasteiger partial charge is 0.377 e. The van der Waals surface area contributed by atoms with E-state index in [0.717, 1.165) is 16.9 Å². The van der Waals surface area contributed by atoms with Gasteiger partial charge < -0.3 is 19.9 Å². The van der Waals surface area contributed by atoms with Crippen molar-refractivity contribution >= 4 is 23.2 Å². The molecule has 146 valence electrons. The number of anilines is 2. The molecule has 1 unspecified atom stereocenters. The van der Waals surface area contributed by atoms with Crippen LogP contribution in [0.15, 0.2) is 18.2 Å². The molecule has 6 heteroatoms. The van der Waals surface area contributed by atoms with Crippen LogP contribution >= 0.6 is 0 Å². The minimum atomic E-state index is -0.0404. The minimum Gasteiger partial charge on any atom is -0.377 e. The first-order chi connectivity index (χ1) is 12.2. The third kappa shape index (κ3) is 6.02. The average Bonchev–Trinajstić information content (AvgIpc) is 2.58. The molecule has 0 aliphatic carbocycles. The number of amides is 2. The standard InChI is InChI=1S/C20H33N3O3/c1-8-19(24)21-17-9-10-18(22(5)6)16(11-17)12-23(15(4)14(2)3)20(25)13-26-7/h9-11,14-15H,8,12-13H2,1-7H3,(H,21,24). The van der Waals surface area contributed by atoms with Gasteiger partial charge in [-0.3, -0.25) is 9.59 Å². The van der Waals surface area contributed by atoms with Crippen LogP contribution in [0.1, 0.15) is 39.7 Å². The highest BCUT2D eigenvalue weighted by Gasteiger charge is 2.24. The van der Waals surface area contributed by atoms with Crippen molar-refractivity contribution in [3.05, 3.63) is 23.8 Å². The van der Waals surface area contributed by atoms with Crippen LogP contribution in [0.5, 0.6) is 0 Å². The van der Waals surface area contributed by atoms with Gasteiger partial charge in [-0.25, -0.2) is 0 Å². The summed E-state index contributed by atoms with van der Waals surface area (Å²) in [6.07, 6.45) is 0.424. The van der Waals surface area contributed by atoms with E-state index in [9.17, 15) is 9.59 Å². The van der Waals surface area contributed by atoms with Gasteiger partial charge in [-0.2, -0.15) is 0 Å². The maximum absolute atomic E-state index is 12.6. The number of benzene rings is 1. The first kappa shape index (κ1) is 22.0. The number of hydrogen-bond donors (Lipinski definition) is 1. The lowest BCUT2D eigenvalue weighted by Gasteiger charge is -2.33. The zero-order chi connectivity index (χ0) is 19.9. The molecule has 0 aliphatic heterocycles. The third-order valence-electron chi connectivity index (χ3n) is 4.55. The first-order valence-electron chi connectivity index (χ1n) is 9.09. The molecule has 0 fully saturated rings. The molecular formula is C20H33N3O3. The van der Waals surface area contributed by atoms with Crippen LogP contribution in [-0.2, 0) is 20.9 Å². The van der Waals surface area contributed by atoms with Crippen molar-refractivity contribution in [2.24, 2.45) is 5.92 Å². The van der Waals surface area contributed by atoms with E-state index in [4.69, 9.17) is 4.74 Å². The molecule has 1 aromatic carbocycles. The number of carbonyl (C=O) groups excluding carboxylic acids is 2. The Morgan fingerprint density at radius 2 is 1.85 bits per heavy atom. The van der Waals surface area contributed by atoms with Crippen molar-refractivity contribution in [2.75, 3.05) is 38.0 Å². The fourth-order valence-electron chi connectivity index (χ4n) is 2.68. The molecule has 2 amide bonds. The molecule has 1 atom stereocenters. The maximum Gasteiger partial charge on any atom is 0.249 e. The SMILES string of the molecule is CCC(=O)Nc1ccc(N(C)C)c(CN(C(=O)COC)C(C)C(C)C)c1. The highest BCUT2D eigenvalue weighted by molar-refractivity contribution is 5.91. The van der Waals surface area contributed by atoms with Crippen molar-refractivity contribution in [2.45, 2.75) is 46.7 Å². The summed E-state index contributed by atoms with van der Waals surface area (Å²) >= 11 is 0. The van der Waals surface area contributed by atoms with Gasteiger partial charge in [0.05, 0.1) is 0 Å². The molecule has 0 aromatic heterocycles. The van der Waals surface area contributed by atoms with Crippen molar-refractivity contribution < 1.29 is 14.3 Å². The summed E-state index contributed by atoms with van der Waals surface area (Å²) in [5.74, 6) is 0.249. The van der Waals surface area contributed by atoms with Gasteiger partial charge in [0.1, 0.15) is 6.61 Å². The molecule has 1 aromatic rings. The van der Waals surface area contributed by atoms with Crippen LogP contribution in [-0.4, -0.2) is 50.6 Å². The van der Waals surface area contributed by atoms with E-state index in [1.807, 2.05) is 49.0 Å². The molecule has 26 heavy (non-hydrogen) atoms. The van der Waals surface area contributed by atoms with Crippen LogP contribution in [0.3, 0.4) is 0 Å². The molecule has 0 saturated carbocycles. The average molecular weight is 364 g/mol. The van der Waals surface area contributed by atoms with Gasteiger partial charge in [0.25, 0.3) is 0 Å². The van der Waals surface area contributed by atoms with Crippen molar-refractivity contribution in [1.29, 1.82) is 0 Å². The molecule has 0 spiro atoms. The van der Waals surface area contributed by atoms with E-state index < -0.39 is 0 Å². The Hall–Kier alpha value is -2.08. The van der Waals surface area contributed by atoms with E-state index in [0.29, 0.717) is 18.9 Å². The minimum absolute atomic E-state index is 0.0311. The molecule has 0 saturated heterocycles. The Balaban J connectivity index is 3.23. The second-order valence-electron chi connectivity index (χ2n) is 7.08. The highest BCUT2D eigenvalue weighted by atomic mass is 16.5. The van der Waals surface area contributed by atoms with Gasteiger partial charge in [-0.15, -0.1) is 0 Å². The third-order valence-corrected chi connectivity index (χ3v) is 4.55. The fraction of sp³-hybridized carbons (Fsp3) is 0.600. The maximum atomic E-state index is 12.6. The Labute approximate surface area is 157 Å². The number of carbonyl (C=O) groups is 2. The van der Waals surface area contributed by atoms with Crippen LogP contribution in [0, 0.1) is 5.92 Å². The molecule has 1 rings (SSSR count). The Morgan fingerprint density at radius 1 is 1.19 bits per heavy atom. The quantitative estimate of drug-likeness (QED) is 0.732. The summed E-state index contributed by atoms with van der Waals surface area (Å²) in [5.41, 5.74) is 2.75. The molecule has 0 aliphatic rings. The van der Waals surface area contributed by atoms with E-state index in [1.165, 1.54) is 7.11 Å². The van der Waals surface area contributed by atoms with Gasteiger partial charge in [-0.05, 0) is 36.6 Å². The molecule has 1 N–H and O–H groups in total. The summed E-state index contributed by atoms with van der Waals surface area (Å²) in [7, 11) is 5.47. The molecule has 0 heterocycles. The van der Waals surface area contributed by atoms with E-state index in [-0.39, 0.29) is 24.5 Å². The van der Waals surface area contributed by atoms with Gasteiger partial charge in [0, 0.05) is 51.6 Å². The number of methoxy groups -OCH3 is 1. The monoisotopic (exact) mass is 363 g/mol. The van der Waals surface area contributed by atoms with Crippen LogP contribution in [0.4, 0.5) is 11.4 Å². The van der Waals surface area contributed by atoms with E-state index >= 15 is 0 Å². The predicted octanol–water partition coefficient (Wildman–Crippen LogP) is 3.12. The van der Waals surface area contributed by atoms with Crippen molar-refractivity contribution in [1.82, 2.24) is 4.90 Å². The summed E-state index contributed by atoms with van der Waals surface area (Å²) < 4.78 is 5.06. The smallest absolute Gasteiger partial charge is 0.249 e. The highest BCUT2D eigenvalue weighted by Crippen LogP contribution is 2.26. The number of rotatable bonds is 9. The second-order valence-corrected chi connectivity index (χ2v) is 7.08. The Kier molecular flexibility index (Phi) is 8.58. The van der Waals surface area contributed by atoms with Gasteiger partial charge in [-0.1, -0.05) is 20.8 Å². The zero-order valence-corrected chi connectivity index (χ0v) is 17.1. The number of nitrogens with one attached hydrogen (secondary N) is 1. The number of nitrogens with zero attached hydrogens (tertiary/aromatic N) is 2. The molecule has 0 bridgehead atoms. The summed E-state index contributed by atoms with van der Waals surface area (Å²) in [6.45, 7) is 8.59. The lowest BCUT2D eigenvalue weighted by atomic mass is 10.0. The zero-order valence-electron chi connectivity index (χ0n) is 17.1. The van der Waals surface area contributed by atoms with Crippen LogP contribution in [0.2, 0.25) is 0 Å². The van der Waals surface area contributed by atoms with Crippen molar-refractivity contribution in [3.8, 4) is 0 Å². The number of ether oxygens (including phenoxy) is 1. The van der Waals surface area contributed by atoms with Crippen molar-refractivity contribution in [3.63, 3.8) is 0 Å². The lowest BCUT2D eigenvalue weighted by molar-refractivity contribution is -0.138. The summed E-state index contributed by atoms with van der Waals surface area (Å²) in [6, 6.07) is 5.88. The van der Waals surface area contributed by atoms with E-state index in [2.05, 4.69) is 26.1 Å². The van der Waals surface area contributed by atoms with Crippen LogP contribution < -0.4 is 10.2 Å². The van der Waals surface area contributed by atoms with Gasteiger partial charge >= 0.3 is 0 Å².